The van der Waals surface area contributed by atoms with E-state index in [0.717, 1.165) is 4.70 Å². The van der Waals surface area contributed by atoms with E-state index in [-0.39, 0.29) is 10.6 Å². The fourth-order valence-electron chi connectivity index (χ4n) is 3.02. The molecule has 2 aromatic heterocycles. The first-order valence-corrected chi connectivity index (χ1v) is 11.4. The first-order chi connectivity index (χ1) is 14.4. The topological polar surface area (TPSA) is 118 Å². The standard InChI is InChI=1S/C18H20N6O4S2/c1-23-7-9-24(10-8-23)30(26,27)12-3-4-13-15(11-12)29-18(19-13)20-16-6-5-14(21-22-16)17(25)28-2/h3-6,11H,7-10H2,1-2H3,(H,19,20,22). The third kappa shape index (κ3) is 4.12. The molecule has 10 nitrogen and oxygen atoms in total. The number of hydrogen-bond acceptors (Lipinski definition) is 10. The third-order valence-electron chi connectivity index (χ3n) is 4.75. The predicted molar refractivity (Wildman–Crippen MR) is 113 cm³/mol. The van der Waals surface area contributed by atoms with Crippen molar-refractivity contribution in [3.63, 3.8) is 0 Å². The summed E-state index contributed by atoms with van der Waals surface area (Å²) < 4.78 is 32.8. The van der Waals surface area contributed by atoms with Gasteiger partial charge in [0.2, 0.25) is 10.0 Å². The van der Waals surface area contributed by atoms with E-state index in [1.807, 2.05) is 7.05 Å². The van der Waals surface area contributed by atoms with Gasteiger partial charge < -0.3 is 15.0 Å². The smallest absolute Gasteiger partial charge is 0.358 e. The first-order valence-electron chi connectivity index (χ1n) is 9.15. The van der Waals surface area contributed by atoms with Gasteiger partial charge in [-0.05, 0) is 37.4 Å². The number of aromatic nitrogens is 3. The minimum Gasteiger partial charge on any atom is -0.464 e. The van der Waals surface area contributed by atoms with Crippen LogP contribution in [-0.4, -0.2) is 79.1 Å². The molecule has 3 aromatic rings. The Morgan fingerprint density at radius 2 is 1.90 bits per heavy atom. The molecule has 0 atom stereocenters. The molecule has 1 N–H and O–H groups in total. The predicted octanol–water partition coefficient (Wildman–Crippen LogP) is 1.55. The number of carbonyl (C=O) groups excluding carboxylic acids is 1. The lowest BCUT2D eigenvalue weighted by molar-refractivity contribution is 0.0592. The molecule has 0 spiro atoms. The van der Waals surface area contributed by atoms with Crippen LogP contribution in [0, 0.1) is 0 Å². The molecule has 3 heterocycles. The van der Waals surface area contributed by atoms with Crippen LogP contribution in [0.4, 0.5) is 10.9 Å². The molecule has 0 aliphatic carbocycles. The van der Waals surface area contributed by atoms with E-state index in [9.17, 15) is 13.2 Å². The minimum absolute atomic E-state index is 0.103. The second kappa shape index (κ2) is 8.22. The van der Waals surface area contributed by atoms with Crippen molar-refractivity contribution in [2.75, 3.05) is 45.7 Å². The fraction of sp³-hybridized carbons (Fsp3) is 0.333. The molecule has 0 amide bonds. The van der Waals surface area contributed by atoms with Crippen LogP contribution in [0.1, 0.15) is 10.5 Å². The number of sulfonamides is 1. The van der Waals surface area contributed by atoms with Crippen molar-refractivity contribution in [2.45, 2.75) is 4.90 Å². The summed E-state index contributed by atoms with van der Waals surface area (Å²) in [6.45, 7) is 2.39. The summed E-state index contributed by atoms with van der Waals surface area (Å²) in [6, 6.07) is 8.03. The van der Waals surface area contributed by atoms with Gasteiger partial charge in [0.05, 0.1) is 22.2 Å². The molecule has 12 heteroatoms. The lowest BCUT2D eigenvalue weighted by Gasteiger charge is -2.31. The second-order valence-electron chi connectivity index (χ2n) is 6.78. The molecule has 0 bridgehead atoms. The third-order valence-corrected chi connectivity index (χ3v) is 7.58. The van der Waals surface area contributed by atoms with E-state index in [1.54, 1.807) is 24.3 Å². The van der Waals surface area contributed by atoms with Crippen molar-refractivity contribution in [1.82, 2.24) is 24.4 Å². The van der Waals surface area contributed by atoms with Crippen molar-refractivity contribution in [1.29, 1.82) is 0 Å². The van der Waals surface area contributed by atoms with Crippen LogP contribution < -0.4 is 5.32 Å². The van der Waals surface area contributed by atoms with Gasteiger partial charge in [-0.15, -0.1) is 10.2 Å². The van der Waals surface area contributed by atoms with Gasteiger partial charge in [-0.3, -0.25) is 0 Å². The highest BCUT2D eigenvalue weighted by Gasteiger charge is 2.27. The number of fused-ring (bicyclic) bond motifs is 1. The van der Waals surface area contributed by atoms with Crippen molar-refractivity contribution < 1.29 is 17.9 Å². The Hall–Kier alpha value is -2.67. The zero-order valence-electron chi connectivity index (χ0n) is 16.4. The number of likely N-dealkylation sites (N-methyl/N-ethyl adjacent to an activating group) is 1. The summed E-state index contributed by atoms with van der Waals surface area (Å²) in [5.41, 5.74) is 0.782. The van der Waals surface area contributed by atoms with E-state index in [0.29, 0.717) is 42.6 Å². The van der Waals surface area contributed by atoms with Crippen LogP contribution >= 0.6 is 11.3 Å². The summed E-state index contributed by atoms with van der Waals surface area (Å²) in [5, 5.41) is 11.3. The van der Waals surface area contributed by atoms with Gasteiger partial charge in [0.1, 0.15) is 0 Å². The van der Waals surface area contributed by atoms with Gasteiger partial charge in [0, 0.05) is 26.2 Å². The molecule has 1 aromatic carbocycles. The molecular formula is C18H20N6O4S2. The summed E-state index contributed by atoms with van der Waals surface area (Å²) in [6.07, 6.45) is 0. The zero-order valence-corrected chi connectivity index (χ0v) is 18.0. The Morgan fingerprint density at radius 3 is 2.57 bits per heavy atom. The van der Waals surface area contributed by atoms with Crippen LogP contribution in [0.2, 0.25) is 0 Å². The second-order valence-corrected chi connectivity index (χ2v) is 9.74. The molecule has 0 unspecified atom stereocenters. The summed E-state index contributed by atoms with van der Waals surface area (Å²) in [4.78, 5) is 18.3. The van der Waals surface area contributed by atoms with Gasteiger partial charge in [-0.2, -0.15) is 4.31 Å². The molecule has 1 fully saturated rings. The molecule has 30 heavy (non-hydrogen) atoms. The number of carbonyl (C=O) groups is 1. The maximum atomic E-state index is 13.0. The van der Waals surface area contributed by atoms with E-state index in [1.165, 1.54) is 28.8 Å². The van der Waals surface area contributed by atoms with E-state index >= 15 is 0 Å². The number of nitrogens with zero attached hydrogens (tertiary/aromatic N) is 5. The number of nitrogens with one attached hydrogen (secondary N) is 1. The number of anilines is 2. The van der Waals surface area contributed by atoms with E-state index in [4.69, 9.17) is 0 Å². The minimum atomic E-state index is -3.54. The van der Waals surface area contributed by atoms with Crippen LogP contribution in [0.5, 0.6) is 0 Å². The lowest BCUT2D eigenvalue weighted by atomic mass is 10.3. The first kappa shape index (κ1) is 20.6. The van der Waals surface area contributed by atoms with Crippen molar-refractivity contribution in [3.8, 4) is 0 Å². The van der Waals surface area contributed by atoms with E-state index in [2.05, 4.69) is 30.1 Å². The number of benzene rings is 1. The molecule has 0 radical (unpaired) electrons. The van der Waals surface area contributed by atoms with Crippen LogP contribution in [-0.2, 0) is 14.8 Å². The van der Waals surface area contributed by atoms with Gasteiger partial charge in [0.15, 0.2) is 16.6 Å². The Kier molecular flexibility index (Phi) is 5.64. The maximum Gasteiger partial charge on any atom is 0.358 e. The number of ether oxygens (including phenoxy) is 1. The maximum absolute atomic E-state index is 13.0. The highest BCUT2D eigenvalue weighted by Crippen LogP contribution is 2.30. The molecule has 1 aliphatic rings. The number of piperazine rings is 1. The Balaban J connectivity index is 1.54. The van der Waals surface area contributed by atoms with Gasteiger partial charge in [-0.1, -0.05) is 11.3 Å². The van der Waals surface area contributed by atoms with Crippen molar-refractivity contribution in [2.24, 2.45) is 0 Å². The zero-order chi connectivity index (χ0) is 21.3. The highest BCUT2D eigenvalue weighted by atomic mass is 32.2. The molecule has 4 rings (SSSR count). The normalized spacial score (nSPS) is 15.9. The van der Waals surface area contributed by atoms with Crippen molar-refractivity contribution >= 4 is 48.5 Å². The van der Waals surface area contributed by atoms with Crippen LogP contribution in [0.25, 0.3) is 10.2 Å². The Morgan fingerprint density at radius 1 is 1.13 bits per heavy atom. The number of hydrogen-bond donors (Lipinski definition) is 1. The quantitative estimate of drug-likeness (QED) is 0.580. The summed E-state index contributed by atoms with van der Waals surface area (Å²) in [7, 11) is -0.288. The molecule has 158 valence electrons. The van der Waals surface area contributed by atoms with Gasteiger partial charge >= 0.3 is 5.97 Å². The Bertz CT molecular complexity index is 1170. The SMILES string of the molecule is COC(=O)c1ccc(Nc2nc3ccc(S(=O)(=O)N4CCN(C)CC4)cc3s2)nn1. The van der Waals surface area contributed by atoms with Gasteiger partial charge in [0.25, 0.3) is 0 Å². The number of esters is 1. The molecule has 0 saturated carbocycles. The van der Waals surface area contributed by atoms with E-state index < -0.39 is 16.0 Å². The number of methoxy groups -OCH3 is 1. The monoisotopic (exact) mass is 448 g/mol. The fourth-order valence-corrected chi connectivity index (χ4v) is 5.45. The molecular weight excluding hydrogens is 428 g/mol. The van der Waals surface area contributed by atoms with Crippen LogP contribution in [0.3, 0.4) is 0 Å². The number of rotatable bonds is 5. The Labute approximate surface area is 177 Å². The van der Waals surface area contributed by atoms with Crippen LogP contribution in [0.15, 0.2) is 35.2 Å². The van der Waals surface area contributed by atoms with Crippen molar-refractivity contribution in [3.05, 3.63) is 36.0 Å². The summed E-state index contributed by atoms with van der Waals surface area (Å²) in [5.74, 6) is -0.157. The average Bonchev–Trinajstić information content (AvgIpc) is 3.15. The van der Waals surface area contributed by atoms with Gasteiger partial charge in [-0.25, -0.2) is 18.2 Å². The average molecular weight is 449 g/mol. The number of thiazole rings is 1. The summed E-state index contributed by atoms with van der Waals surface area (Å²) >= 11 is 1.31. The highest BCUT2D eigenvalue weighted by molar-refractivity contribution is 7.89. The largest absolute Gasteiger partial charge is 0.464 e. The molecule has 1 aliphatic heterocycles. The lowest BCUT2D eigenvalue weighted by Crippen LogP contribution is -2.46. The molecule has 1 saturated heterocycles.